The Balaban J connectivity index is 2.18. The second-order valence-electron chi connectivity index (χ2n) is 5.09. The fraction of sp³-hybridized carbons (Fsp3) is 0.500. The minimum Gasteiger partial charge on any atom is -0.480 e. The molecule has 0 saturated carbocycles. The highest BCUT2D eigenvalue weighted by molar-refractivity contribution is 5.74. The zero-order valence-corrected chi connectivity index (χ0v) is 10.7. The SMILES string of the molecule is Cc1ccc(F)cc1CN1CCC(C)C1C(=O)O. The van der Waals surface area contributed by atoms with E-state index in [1.54, 1.807) is 6.07 Å². The fourth-order valence-electron chi connectivity index (χ4n) is 2.63. The summed E-state index contributed by atoms with van der Waals surface area (Å²) in [6.07, 6.45) is 0.880. The molecule has 18 heavy (non-hydrogen) atoms. The van der Waals surface area contributed by atoms with E-state index in [2.05, 4.69) is 0 Å². The zero-order valence-electron chi connectivity index (χ0n) is 10.7. The molecule has 1 heterocycles. The Bertz CT molecular complexity index is 461. The van der Waals surface area contributed by atoms with Gasteiger partial charge < -0.3 is 5.11 Å². The Labute approximate surface area is 106 Å². The van der Waals surface area contributed by atoms with Crippen LogP contribution in [0.2, 0.25) is 0 Å². The summed E-state index contributed by atoms with van der Waals surface area (Å²) < 4.78 is 13.2. The molecular formula is C14H18FNO2. The summed E-state index contributed by atoms with van der Waals surface area (Å²) in [5.41, 5.74) is 1.87. The summed E-state index contributed by atoms with van der Waals surface area (Å²) in [7, 11) is 0. The number of rotatable bonds is 3. The van der Waals surface area contributed by atoms with E-state index in [0.29, 0.717) is 6.54 Å². The molecule has 1 saturated heterocycles. The summed E-state index contributed by atoms with van der Waals surface area (Å²) in [5, 5.41) is 9.24. The number of likely N-dealkylation sites (tertiary alicyclic amines) is 1. The van der Waals surface area contributed by atoms with E-state index in [0.717, 1.165) is 24.1 Å². The van der Waals surface area contributed by atoms with Gasteiger partial charge in [-0.3, -0.25) is 9.69 Å². The molecule has 0 amide bonds. The Morgan fingerprint density at radius 2 is 2.28 bits per heavy atom. The van der Waals surface area contributed by atoms with Crippen molar-refractivity contribution in [3.8, 4) is 0 Å². The van der Waals surface area contributed by atoms with Gasteiger partial charge in [0.1, 0.15) is 11.9 Å². The van der Waals surface area contributed by atoms with Crippen LogP contribution in [0.3, 0.4) is 0 Å². The van der Waals surface area contributed by atoms with Gasteiger partial charge in [0, 0.05) is 6.54 Å². The first-order valence-electron chi connectivity index (χ1n) is 6.21. The number of nitrogens with zero attached hydrogens (tertiary/aromatic N) is 1. The number of halogens is 1. The molecule has 0 aliphatic carbocycles. The third kappa shape index (κ3) is 2.53. The van der Waals surface area contributed by atoms with Gasteiger partial charge in [0.05, 0.1) is 0 Å². The number of carboxylic acid groups (broad SMARTS) is 1. The van der Waals surface area contributed by atoms with Crippen molar-refractivity contribution in [3.05, 3.63) is 35.1 Å². The Morgan fingerprint density at radius 1 is 1.56 bits per heavy atom. The van der Waals surface area contributed by atoms with Crippen molar-refractivity contribution in [2.75, 3.05) is 6.54 Å². The third-order valence-electron chi connectivity index (χ3n) is 3.74. The quantitative estimate of drug-likeness (QED) is 0.897. The van der Waals surface area contributed by atoms with Crippen molar-refractivity contribution < 1.29 is 14.3 Å². The first-order chi connectivity index (χ1) is 8.49. The number of benzene rings is 1. The molecule has 98 valence electrons. The summed E-state index contributed by atoms with van der Waals surface area (Å²) in [6, 6.07) is 4.21. The normalized spacial score (nSPS) is 24.4. The van der Waals surface area contributed by atoms with Gasteiger partial charge in [-0.25, -0.2) is 4.39 Å². The monoisotopic (exact) mass is 251 g/mol. The largest absolute Gasteiger partial charge is 0.480 e. The van der Waals surface area contributed by atoms with Gasteiger partial charge in [-0.1, -0.05) is 13.0 Å². The Kier molecular flexibility index (Phi) is 3.66. The van der Waals surface area contributed by atoms with Gasteiger partial charge in [0.2, 0.25) is 0 Å². The van der Waals surface area contributed by atoms with Crippen LogP contribution in [0.25, 0.3) is 0 Å². The van der Waals surface area contributed by atoms with Gasteiger partial charge in [0.25, 0.3) is 0 Å². The molecule has 3 nitrogen and oxygen atoms in total. The molecule has 0 spiro atoms. The maximum Gasteiger partial charge on any atom is 0.321 e. The number of aryl methyl sites for hydroxylation is 1. The molecule has 2 unspecified atom stereocenters. The van der Waals surface area contributed by atoms with Crippen LogP contribution >= 0.6 is 0 Å². The summed E-state index contributed by atoms with van der Waals surface area (Å²) in [4.78, 5) is 13.2. The summed E-state index contributed by atoms with van der Waals surface area (Å²) in [6.45, 7) is 5.14. The van der Waals surface area contributed by atoms with Crippen molar-refractivity contribution in [1.29, 1.82) is 0 Å². The summed E-state index contributed by atoms with van der Waals surface area (Å²) in [5.74, 6) is -0.903. The number of hydrogen-bond acceptors (Lipinski definition) is 2. The second-order valence-corrected chi connectivity index (χ2v) is 5.09. The molecular weight excluding hydrogens is 233 g/mol. The molecule has 2 rings (SSSR count). The highest BCUT2D eigenvalue weighted by Crippen LogP contribution is 2.26. The molecule has 1 N–H and O–H groups in total. The third-order valence-corrected chi connectivity index (χ3v) is 3.74. The standard InChI is InChI=1S/C14H18FNO2/c1-9-3-4-12(15)7-11(9)8-16-6-5-10(2)13(16)14(17)18/h3-4,7,10,13H,5-6,8H2,1-2H3,(H,17,18). The van der Waals surface area contributed by atoms with Crippen LogP contribution in [-0.2, 0) is 11.3 Å². The Hall–Kier alpha value is -1.42. The van der Waals surface area contributed by atoms with E-state index in [-0.39, 0.29) is 11.7 Å². The molecule has 0 bridgehead atoms. The predicted octanol–water partition coefficient (Wildman–Crippen LogP) is 2.43. The van der Waals surface area contributed by atoms with Crippen molar-refractivity contribution in [1.82, 2.24) is 4.90 Å². The van der Waals surface area contributed by atoms with Gasteiger partial charge in [-0.15, -0.1) is 0 Å². The van der Waals surface area contributed by atoms with Gasteiger partial charge in [0.15, 0.2) is 0 Å². The molecule has 1 aliphatic rings. The van der Waals surface area contributed by atoms with E-state index in [9.17, 15) is 14.3 Å². The fourth-order valence-corrected chi connectivity index (χ4v) is 2.63. The lowest BCUT2D eigenvalue weighted by Gasteiger charge is -2.23. The first kappa shape index (κ1) is 13.0. The first-order valence-corrected chi connectivity index (χ1v) is 6.21. The molecule has 1 fully saturated rings. The van der Waals surface area contributed by atoms with Gasteiger partial charge in [-0.2, -0.15) is 0 Å². The van der Waals surface area contributed by atoms with Crippen molar-refractivity contribution >= 4 is 5.97 Å². The average molecular weight is 251 g/mol. The lowest BCUT2D eigenvalue weighted by atomic mass is 10.0. The number of aliphatic carboxylic acids is 1. The zero-order chi connectivity index (χ0) is 13.3. The van der Waals surface area contributed by atoms with Crippen LogP contribution in [0.15, 0.2) is 18.2 Å². The van der Waals surface area contributed by atoms with Crippen molar-refractivity contribution in [3.63, 3.8) is 0 Å². The Morgan fingerprint density at radius 3 is 2.94 bits per heavy atom. The van der Waals surface area contributed by atoms with Crippen molar-refractivity contribution in [2.24, 2.45) is 5.92 Å². The van der Waals surface area contributed by atoms with Crippen LogP contribution in [0.1, 0.15) is 24.5 Å². The van der Waals surface area contributed by atoms with E-state index < -0.39 is 12.0 Å². The maximum atomic E-state index is 13.2. The lowest BCUT2D eigenvalue weighted by Crippen LogP contribution is -2.38. The number of carbonyl (C=O) groups is 1. The molecule has 1 aromatic rings. The number of carboxylic acids is 1. The van der Waals surface area contributed by atoms with Crippen LogP contribution in [0.4, 0.5) is 4.39 Å². The van der Waals surface area contributed by atoms with Crippen molar-refractivity contribution in [2.45, 2.75) is 32.9 Å². The highest BCUT2D eigenvalue weighted by Gasteiger charge is 2.36. The smallest absolute Gasteiger partial charge is 0.321 e. The van der Waals surface area contributed by atoms with E-state index in [1.807, 2.05) is 18.7 Å². The summed E-state index contributed by atoms with van der Waals surface area (Å²) >= 11 is 0. The molecule has 1 aliphatic heterocycles. The molecule has 0 radical (unpaired) electrons. The second kappa shape index (κ2) is 5.06. The van der Waals surface area contributed by atoms with Crippen LogP contribution in [0, 0.1) is 18.7 Å². The number of hydrogen-bond donors (Lipinski definition) is 1. The minimum atomic E-state index is -0.783. The molecule has 1 aromatic carbocycles. The lowest BCUT2D eigenvalue weighted by molar-refractivity contribution is -0.143. The average Bonchev–Trinajstić information content (AvgIpc) is 2.65. The van der Waals surface area contributed by atoms with E-state index in [1.165, 1.54) is 12.1 Å². The highest BCUT2D eigenvalue weighted by atomic mass is 19.1. The van der Waals surface area contributed by atoms with E-state index >= 15 is 0 Å². The van der Waals surface area contributed by atoms with Gasteiger partial charge >= 0.3 is 5.97 Å². The minimum absolute atomic E-state index is 0.149. The van der Waals surface area contributed by atoms with Crippen LogP contribution in [-0.4, -0.2) is 28.6 Å². The van der Waals surface area contributed by atoms with Gasteiger partial charge in [-0.05, 0) is 49.1 Å². The van der Waals surface area contributed by atoms with Crippen LogP contribution in [0.5, 0.6) is 0 Å². The predicted molar refractivity (Wildman–Crippen MR) is 66.8 cm³/mol. The molecule has 0 aromatic heterocycles. The van der Waals surface area contributed by atoms with E-state index in [4.69, 9.17) is 0 Å². The molecule has 4 heteroatoms. The molecule has 2 atom stereocenters. The topological polar surface area (TPSA) is 40.5 Å². The van der Waals surface area contributed by atoms with Crippen LogP contribution < -0.4 is 0 Å². The maximum absolute atomic E-state index is 13.2.